The molecule has 0 aliphatic carbocycles. The minimum absolute atomic E-state index is 0.00306. The molecule has 0 N–H and O–H groups in total. The monoisotopic (exact) mass is 579 g/mol. The van der Waals surface area contributed by atoms with Crippen LogP contribution in [0.5, 0.6) is 5.75 Å². The molecule has 6 nitrogen and oxygen atoms in total. The number of methoxy groups -OCH3 is 1. The van der Waals surface area contributed by atoms with E-state index in [-0.39, 0.29) is 24.2 Å². The Morgan fingerprint density at radius 2 is 1.57 bits per heavy atom. The molecular weight excluding hydrogens is 549 g/mol. The van der Waals surface area contributed by atoms with Crippen molar-refractivity contribution in [1.82, 2.24) is 4.90 Å². The third-order valence-electron chi connectivity index (χ3n) is 7.58. The topological polar surface area (TPSA) is 53.1 Å². The maximum absolute atomic E-state index is 14.5. The molecule has 0 saturated carbocycles. The number of amides is 2. The van der Waals surface area contributed by atoms with Gasteiger partial charge in [0.1, 0.15) is 11.6 Å². The van der Waals surface area contributed by atoms with E-state index in [2.05, 4.69) is 4.90 Å². The molecule has 0 spiro atoms. The van der Waals surface area contributed by atoms with Gasteiger partial charge in [0.25, 0.3) is 11.8 Å². The number of para-hydroxylation sites is 1. The average molecular weight is 580 g/mol. The van der Waals surface area contributed by atoms with Gasteiger partial charge in [-0.15, -0.1) is 0 Å². The lowest BCUT2D eigenvalue weighted by Gasteiger charge is -2.36. The van der Waals surface area contributed by atoms with Crippen LogP contribution in [0.15, 0.2) is 107 Å². The van der Waals surface area contributed by atoms with Gasteiger partial charge in [0.15, 0.2) is 0 Å². The second kappa shape index (κ2) is 12.1. The summed E-state index contributed by atoms with van der Waals surface area (Å²) in [4.78, 5) is 34.1. The Bertz CT molecular complexity index is 1630. The van der Waals surface area contributed by atoms with E-state index < -0.39 is 0 Å². The van der Waals surface area contributed by atoms with Crippen molar-refractivity contribution >= 4 is 41.0 Å². The van der Waals surface area contributed by atoms with Crippen LogP contribution in [0.3, 0.4) is 0 Å². The van der Waals surface area contributed by atoms with Crippen molar-refractivity contribution < 1.29 is 18.7 Å². The first kappa shape index (κ1) is 27.6. The van der Waals surface area contributed by atoms with Crippen molar-refractivity contribution in [2.45, 2.75) is 11.4 Å². The van der Waals surface area contributed by atoms with E-state index in [0.717, 1.165) is 40.7 Å². The fourth-order valence-electron chi connectivity index (χ4n) is 5.23. The molecule has 0 radical (unpaired) electrons. The predicted molar refractivity (Wildman–Crippen MR) is 165 cm³/mol. The highest BCUT2D eigenvalue weighted by Crippen LogP contribution is 2.42. The molecular formula is C34H30FN3O3S. The molecule has 2 aliphatic rings. The van der Waals surface area contributed by atoms with Crippen LogP contribution in [0.4, 0.5) is 15.8 Å². The fraction of sp³-hybridized carbons (Fsp3) is 0.176. The van der Waals surface area contributed by atoms with Crippen molar-refractivity contribution in [1.29, 1.82) is 0 Å². The van der Waals surface area contributed by atoms with Crippen LogP contribution in [-0.2, 0) is 11.3 Å². The number of thioether (sulfide) groups is 1. The van der Waals surface area contributed by atoms with E-state index in [1.165, 1.54) is 17.8 Å². The van der Waals surface area contributed by atoms with Crippen molar-refractivity contribution in [2.75, 3.05) is 43.1 Å². The van der Waals surface area contributed by atoms with Crippen LogP contribution in [0.25, 0.3) is 6.08 Å². The van der Waals surface area contributed by atoms with Gasteiger partial charge in [-0.05, 0) is 66.2 Å². The summed E-state index contributed by atoms with van der Waals surface area (Å²) in [7, 11) is 1.65. The SMILES string of the molecule is COc1ccc(N2CCN(C(=O)c3ccc(C=C4Sc5ccccc5N(Cc5ccccc5F)C4=O)cc3)CC2)cc1. The van der Waals surface area contributed by atoms with Gasteiger partial charge >= 0.3 is 0 Å². The van der Waals surface area contributed by atoms with E-state index >= 15 is 0 Å². The Hall–Kier alpha value is -4.56. The number of piperazine rings is 1. The number of hydrogen-bond acceptors (Lipinski definition) is 5. The van der Waals surface area contributed by atoms with Gasteiger partial charge in [0.2, 0.25) is 0 Å². The van der Waals surface area contributed by atoms with Crippen LogP contribution in [0.2, 0.25) is 0 Å². The number of benzene rings is 4. The van der Waals surface area contributed by atoms with E-state index in [1.54, 1.807) is 30.2 Å². The zero-order valence-corrected chi connectivity index (χ0v) is 24.0. The highest BCUT2D eigenvalue weighted by atomic mass is 32.2. The van der Waals surface area contributed by atoms with Gasteiger partial charge in [-0.2, -0.15) is 0 Å². The van der Waals surface area contributed by atoms with Crippen molar-refractivity contribution in [3.63, 3.8) is 0 Å². The highest BCUT2D eigenvalue weighted by molar-refractivity contribution is 8.04. The average Bonchev–Trinajstić information content (AvgIpc) is 3.04. The van der Waals surface area contributed by atoms with Gasteiger partial charge in [0, 0.05) is 47.9 Å². The number of halogens is 1. The Morgan fingerprint density at radius 1 is 0.881 bits per heavy atom. The van der Waals surface area contributed by atoms with Gasteiger partial charge in [-0.3, -0.25) is 9.59 Å². The molecule has 4 aromatic carbocycles. The first-order chi connectivity index (χ1) is 20.5. The number of carbonyl (C=O) groups is 2. The lowest BCUT2D eigenvalue weighted by Crippen LogP contribution is -2.48. The molecule has 1 saturated heterocycles. The van der Waals surface area contributed by atoms with Crippen molar-refractivity contribution in [3.8, 4) is 5.75 Å². The minimum atomic E-state index is -0.339. The molecule has 0 bridgehead atoms. The molecule has 0 atom stereocenters. The van der Waals surface area contributed by atoms with Crippen LogP contribution in [0, 0.1) is 5.82 Å². The van der Waals surface area contributed by atoms with Crippen LogP contribution < -0.4 is 14.5 Å². The zero-order chi connectivity index (χ0) is 29.1. The minimum Gasteiger partial charge on any atom is -0.497 e. The Labute approximate surface area is 249 Å². The quantitative estimate of drug-likeness (QED) is 0.245. The van der Waals surface area contributed by atoms with E-state index in [0.29, 0.717) is 29.1 Å². The third kappa shape index (κ3) is 5.76. The van der Waals surface area contributed by atoms with Crippen molar-refractivity contribution in [2.24, 2.45) is 0 Å². The maximum atomic E-state index is 14.5. The summed E-state index contributed by atoms with van der Waals surface area (Å²) in [5.41, 5.74) is 3.77. The van der Waals surface area contributed by atoms with Gasteiger partial charge in [-0.1, -0.05) is 54.2 Å². The maximum Gasteiger partial charge on any atom is 0.265 e. The number of fused-ring (bicyclic) bond motifs is 1. The summed E-state index contributed by atoms with van der Waals surface area (Å²) in [6.07, 6.45) is 1.83. The zero-order valence-electron chi connectivity index (χ0n) is 23.2. The summed E-state index contributed by atoms with van der Waals surface area (Å²) in [5, 5.41) is 0. The standard InChI is InChI=1S/C34H30FN3O3S/c1-41-28-16-14-27(15-17-28)36-18-20-37(21-19-36)33(39)25-12-10-24(11-13-25)22-32-34(40)38(23-26-6-2-3-7-29(26)35)30-8-4-5-9-31(30)42-32/h2-17,22H,18-21,23H2,1H3. The van der Waals surface area contributed by atoms with Gasteiger partial charge in [0.05, 0.1) is 24.2 Å². The molecule has 2 heterocycles. The molecule has 0 unspecified atom stereocenters. The lowest BCUT2D eigenvalue weighted by molar-refractivity contribution is -0.114. The normalized spacial score (nSPS) is 16.0. The largest absolute Gasteiger partial charge is 0.497 e. The van der Waals surface area contributed by atoms with E-state index in [4.69, 9.17) is 4.74 Å². The Balaban J connectivity index is 1.14. The number of rotatable bonds is 6. The Morgan fingerprint density at radius 3 is 2.29 bits per heavy atom. The lowest BCUT2D eigenvalue weighted by atomic mass is 10.1. The molecule has 4 aromatic rings. The van der Waals surface area contributed by atoms with Crippen LogP contribution in [0.1, 0.15) is 21.5 Å². The van der Waals surface area contributed by atoms with Crippen molar-refractivity contribution in [3.05, 3.63) is 124 Å². The molecule has 6 rings (SSSR count). The fourth-order valence-corrected chi connectivity index (χ4v) is 6.29. The van der Waals surface area contributed by atoms with E-state index in [9.17, 15) is 14.0 Å². The second-order valence-corrected chi connectivity index (χ2v) is 11.2. The third-order valence-corrected chi connectivity index (χ3v) is 8.66. The Kier molecular flexibility index (Phi) is 7.97. The van der Waals surface area contributed by atoms with E-state index in [1.807, 2.05) is 83.8 Å². The van der Waals surface area contributed by atoms with Crippen LogP contribution in [-0.4, -0.2) is 50.0 Å². The summed E-state index contributed by atoms with van der Waals surface area (Å²) in [6, 6.07) is 29.5. The number of hydrogen-bond donors (Lipinski definition) is 0. The number of anilines is 2. The molecule has 2 amide bonds. The molecule has 2 aliphatic heterocycles. The number of ether oxygens (including phenoxy) is 1. The molecule has 8 heteroatoms. The number of nitrogens with zero attached hydrogens (tertiary/aromatic N) is 3. The highest BCUT2D eigenvalue weighted by Gasteiger charge is 2.30. The first-order valence-electron chi connectivity index (χ1n) is 13.8. The van der Waals surface area contributed by atoms with Gasteiger partial charge in [-0.25, -0.2) is 4.39 Å². The second-order valence-electron chi connectivity index (χ2n) is 10.2. The molecule has 0 aromatic heterocycles. The predicted octanol–water partition coefficient (Wildman–Crippen LogP) is 6.48. The smallest absolute Gasteiger partial charge is 0.265 e. The summed E-state index contributed by atoms with van der Waals surface area (Å²) in [5.74, 6) is 0.297. The molecule has 42 heavy (non-hydrogen) atoms. The molecule has 1 fully saturated rings. The van der Waals surface area contributed by atoms with Crippen LogP contribution >= 0.6 is 11.8 Å². The number of carbonyl (C=O) groups excluding carboxylic acids is 2. The van der Waals surface area contributed by atoms with Gasteiger partial charge < -0.3 is 19.4 Å². The summed E-state index contributed by atoms with van der Waals surface area (Å²) < 4.78 is 19.7. The summed E-state index contributed by atoms with van der Waals surface area (Å²) in [6.45, 7) is 2.93. The molecule has 212 valence electrons. The first-order valence-corrected chi connectivity index (χ1v) is 14.6. The summed E-state index contributed by atoms with van der Waals surface area (Å²) >= 11 is 1.40.